The molecule has 0 fully saturated rings. The Bertz CT molecular complexity index is 355. The predicted molar refractivity (Wildman–Crippen MR) is 56.8 cm³/mol. The Morgan fingerprint density at radius 3 is 3.14 bits per heavy atom. The zero-order valence-corrected chi connectivity index (χ0v) is 9.23. The van der Waals surface area contributed by atoms with Gasteiger partial charge in [0.15, 0.2) is 0 Å². The van der Waals surface area contributed by atoms with Gasteiger partial charge in [-0.3, -0.25) is 4.79 Å². The molecule has 1 atom stereocenters. The summed E-state index contributed by atoms with van der Waals surface area (Å²) in [7, 11) is 0. The number of halogens is 1. The average Bonchev–Trinajstić information content (AvgIpc) is 2.20. The van der Waals surface area contributed by atoms with Crippen molar-refractivity contribution < 1.29 is 5.11 Å². The van der Waals surface area contributed by atoms with Gasteiger partial charge in [-0.25, -0.2) is 4.98 Å². The highest BCUT2D eigenvalue weighted by molar-refractivity contribution is 7.99. The summed E-state index contributed by atoms with van der Waals surface area (Å²) in [5.74, 6) is 0.851. The molecule has 1 heterocycles. The van der Waals surface area contributed by atoms with Crippen molar-refractivity contribution in [2.75, 3.05) is 12.4 Å². The van der Waals surface area contributed by atoms with Crippen molar-refractivity contribution in [3.63, 3.8) is 0 Å². The van der Waals surface area contributed by atoms with E-state index in [-0.39, 0.29) is 23.1 Å². The molecular weight excluding hydrogens is 224 g/mol. The number of thioether (sulfide) groups is 1. The van der Waals surface area contributed by atoms with Gasteiger partial charge in [-0.05, 0) is 5.92 Å². The number of nitrogens with one attached hydrogen (secondary N) is 1. The maximum absolute atomic E-state index is 11.1. The minimum absolute atomic E-state index is 0.114. The van der Waals surface area contributed by atoms with Crippen LogP contribution in [0.1, 0.15) is 6.92 Å². The number of aromatic amines is 1. The molecule has 1 aromatic heterocycles. The van der Waals surface area contributed by atoms with Crippen LogP contribution in [0, 0.1) is 5.92 Å². The minimum Gasteiger partial charge on any atom is -0.396 e. The maximum Gasteiger partial charge on any atom is 0.270 e. The van der Waals surface area contributed by atoms with Crippen LogP contribution in [0.25, 0.3) is 0 Å². The lowest BCUT2D eigenvalue weighted by Gasteiger charge is -2.06. The molecule has 0 amide bonds. The summed E-state index contributed by atoms with van der Waals surface area (Å²) >= 11 is 7.10. The van der Waals surface area contributed by atoms with Crippen molar-refractivity contribution in [3.05, 3.63) is 21.7 Å². The number of nitrogens with zero attached hydrogens (tertiary/aromatic N) is 1. The number of aromatic nitrogens is 2. The molecular formula is C8H11ClN2O2S. The van der Waals surface area contributed by atoms with Crippen LogP contribution < -0.4 is 5.56 Å². The van der Waals surface area contributed by atoms with Gasteiger partial charge in [0.2, 0.25) is 0 Å². The summed E-state index contributed by atoms with van der Waals surface area (Å²) in [6.45, 7) is 2.03. The SMILES string of the molecule is CC(CO)CSc1nc[nH]c(=O)c1Cl. The lowest BCUT2D eigenvalue weighted by atomic mass is 10.2. The first kappa shape index (κ1) is 11.6. The first-order chi connectivity index (χ1) is 6.65. The fourth-order valence-corrected chi connectivity index (χ4v) is 1.90. The van der Waals surface area contributed by atoms with Crippen LogP contribution in [0.2, 0.25) is 5.02 Å². The summed E-state index contributed by atoms with van der Waals surface area (Å²) in [5.41, 5.74) is -0.333. The number of aliphatic hydroxyl groups is 1. The van der Waals surface area contributed by atoms with Crippen LogP contribution >= 0.6 is 23.4 Å². The molecule has 0 saturated carbocycles. The Kier molecular flexibility index (Phi) is 4.44. The Balaban J connectivity index is 2.68. The molecule has 0 aromatic carbocycles. The van der Waals surface area contributed by atoms with Crippen molar-refractivity contribution in [3.8, 4) is 0 Å². The fraction of sp³-hybridized carbons (Fsp3) is 0.500. The third kappa shape index (κ3) is 3.01. The molecule has 6 heteroatoms. The van der Waals surface area contributed by atoms with E-state index in [9.17, 15) is 4.79 Å². The summed E-state index contributed by atoms with van der Waals surface area (Å²) in [6.07, 6.45) is 1.32. The Morgan fingerprint density at radius 2 is 2.50 bits per heavy atom. The highest BCUT2D eigenvalue weighted by Gasteiger charge is 2.08. The second-order valence-corrected chi connectivity index (χ2v) is 4.34. The second kappa shape index (κ2) is 5.38. The van der Waals surface area contributed by atoms with E-state index in [1.807, 2.05) is 6.92 Å². The van der Waals surface area contributed by atoms with Crippen molar-refractivity contribution in [1.82, 2.24) is 9.97 Å². The van der Waals surface area contributed by atoms with Gasteiger partial charge in [-0.1, -0.05) is 18.5 Å². The minimum atomic E-state index is -0.333. The third-order valence-electron chi connectivity index (χ3n) is 1.58. The molecule has 0 radical (unpaired) electrons. The van der Waals surface area contributed by atoms with E-state index in [2.05, 4.69) is 9.97 Å². The van der Waals surface area contributed by atoms with Crippen LogP contribution in [0.4, 0.5) is 0 Å². The smallest absolute Gasteiger partial charge is 0.270 e. The monoisotopic (exact) mass is 234 g/mol. The van der Waals surface area contributed by atoms with Crippen molar-refractivity contribution in [2.45, 2.75) is 11.9 Å². The summed E-state index contributed by atoms with van der Waals surface area (Å²) < 4.78 is 0. The molecule has 0 saturated heterocycles. The summed E-state index contributed by atoms with van der Waals surface area (Å²) in [4.78, 5) is 17.4. The number of hydrogen-bond donors (Lipinski definition) is 2. The number of aliphatic hydroxyl groups excluding tert-OH is 1. The molecule has 0 spiro atoms. The quantitative estimate of drug-likeness (QED) is 0.606. The van der Waals surface area contributed by atoms with Gasteiger partial charge >= 0.3 is 0 Å². The topological polar surface area (TPSA) is 66.0 Å². The molecule has 2 N–H and O–H groups in total. The highest BCUT2D eigenvalue weighted by Crippen LogP contribution is 2.22. The van der Waals surface area contributed by atoms with Crippen LogP contribution in [0.5, 0.6) is 0 Å². The Labute approximate surface area is 90.7 Å². The van der Waals surface area contributed by atoms with E-state index in [0.29, 0.717) is 10.8 Å². The van der Waals surface area contributed by atoms with E-state index in [1.54, 1.807) is 0 Å². The average molecular weight is 235 g/mol. The molecule has 0 aliphatic rings. The largest absolute Gasteiger partial charge is 0.396 e. The van der Waals surface area contributed by atoms with Gasteiger partial charge in [-0.2, -0.15) is 0 Å². The van der Waals surface area contributed by atoms with Gasteiger partial charge in [0, 0.05) is 12.4 Å². The zero-order valence-electron chi connectivity index (χ0n) is 7.66. The molecule has 0 bridgehead atoms. The van der Waals surface area contributed by atoms with Gasteiger partial charge < -0.3 is 10.1 Å². The number of rotatable bonds is 4. The summed E-state index contributed by atoms with van der Waals surface area (Å²) in [5, 5.41) is 9.43. The maximum atomic E-state index is 11.1. The van der Waals surface area contributed by atoms with Crippen LogP contribution in [-0.4, -0.2) is 27.4 Å². The van der Waals surface area contributed by atoms with Crippen molar-refractivity contribution in [1.29, 1.82) is 0 Å². The zero-order chi connectivity index (χ0) is 10.6. The molecule has 1 unspecified atom stereocenters. The first-order valence-corrected chi connectivity index (χ1v) is 5.48. The summed E-state index contributed by atoms with van der Waals surface area (Å²) in [6, 6.07) is 0. The lowest BCUT2D eigenvalue weighted by Crippen LogP contribution is -2.09. The first-order valence-electron chi connectivity index (χ1n) is 4.12. The molecule has 0 aliphatic heterocycles. The van der Waals surface area contributed by atoms with E-state index >= 15 is 0 Å². The second-order valence-electron chi connectivity index (χ2n) is 2.95. The predicted octanol–water partition coefficient (Wildman–Crippen LogP) is 1.14. The van der Waals surface area contributed by atoms with Crippen LogP contribution in [0.15, 0.2) is 16.1 Å². The van der Waals surface area contributed by atoms with Gasteiger partial charge in [-0.15, -0.1) is 11.8 Å². The third-order valence-corrected chi connectivity index (χ3v) is 3.36. The van der Waals surface area contributed by atoms with Crippen molar-refractivity contribution in [2.24, 2.45) is 5.92 Å². The molecule has 78 valence electrons. The van der Waals surface area contributed by atoms with E-state index in [0.717, 1.165) is 0 Å². The highest BCUT2D eigenvalue weighted by atomic mass is 35.5. The lowest BCUT2D eigenvalue weighted by molar-refractivity contribution is 0.250. The number of H-pyrrole nitrogens is 1. The standard InChI is InChI=1S/C8H11ClN2O2S/c1-5(2-12)3-14-8-6(9)7(13)10-4-11-8/h4-5,12H,2-3H2,1H3,(H,10,11,13). The fourth-order valence-electron chi connectivity index (χ4n) is 0.741. The van der Waals surface area contributed by atoms with Gasteiger partial charge in [0.1, 0.15) is 10.0 Å². The van der Waals surface area contributed by atoms with Crippen LogP contribution in [0.3, 0.4) is 0 Å². The van der Waals surface area contributed by atoms with Crippen molar-refractivity contribution >= 4 is 23.4 Å². The Morgan fingerprint density at radius 1 is 1.79 bits per heavy atom. The molecule has 1 rings (SSSR count). The molecule has 0 aliphatic carbocycles. The van der Waals surface area contributed by atoms with E-state index < -0.39 is 0 Å². The van der Waals surface area contributed by atoms with E-state index in [1.165, 1.54) is 18.1 Å². The molecule has 1 aromatic rings. The number of hydrogen-bond acceptors (Lipinski definition) is 4. The Hall–Kier alpha value is -0.520. The molecule has 14 heavy (non-hydrogen) atoms. The van der Waals surface area contributed by atoms with E-state index in [4.69, 9.17) is 16.7 Å². The molecule has 4 nitrogen and oxygen atoms in total. The van der Waals surface area contributed by atoms with Crippen LogP contribution in [-0.2, 0) is 0 Å². The van der Waals surface area contributed by atoms with Gasteiger partial charge in [0.25, 0.3) is 5.56 Å². The normalized spacial score (nSPS) is 12.8. The van der Waals surface area contributed by atoms with Gasteiger partial charge in [0.05, 0.1) is 6.33 Å².